The van der Waals surface area contributed by atoms with Gasteiger partial charge in [0.1, 0.15) is 17.2 Å². The lowest BCUT2D eigenvalue weighted by molar-refractivity contribution is -0.122. The van der Waals surface area contributed by atoms with Crippen LogP contribution in [0, 0.1) is 5.92 Å². The van der Waals surface area contributed by atoms with Crippen molar-refractivity contribution in [2.45, 2.75) is 6.42 Å². The van der Waals surface area contributed by atoms with Crippen LogP contribution in [0.2, 0.25) is 0 Å². The van der Waals surface area contributed by atoms with E-state index in [0.717, 1.165) is 0 Å². The highest BCUT2D eigenvalue weighted by molar-refractivity contribution is 6.04. The number of hydrogen-bond donors (Lipinski definition) is 1. The lowest BCUT2D eigenvalue weighted by Gasteiger charge is -2.20. The summed E-state index contributed by atoms with van der Waals surface area (Å²) in [5.74, 6) is 0.897. The fourth-order valence-electron chi connectivity index (χ4n) is 3.11. The number of carbonyl (C=O) groups excluding carboxylic acids is 2. The van der Waals surface area contributed by atoms with Crippen molar-refractivity contribution < 1.29 is 23.8 Å². The Morgan fingerprint density at radius 3 is 2.48 bits per heavy atom. The molecule has 142 valence electrons. The predicted octanol–water partition coefficient (Wildman–Crippen LogP) is 2.70. The van der Waals surface area contributed by atoms with Crippen molar-refractivity contribution in [1.82, 2.24) is 0 Å². The highest BCUT2D eigenvalue weighted by Gasteiger charge is 2.36. The van der Waals surface area contributed by atoms with Crippen LogP contribution < -0.4 is 24.4 Å². The Hall–Kier alpha value is -3.22. The molecule has 1 heterocycles. The molecule has 3 rings (SSSR count). The zero-order valence-corrected chi connectivity index (χ0v) is 15.5. The topological polar surface area (TPSA) is 77.1 Å². The molecule has 0 bridgehead atoms. The third-order valence-electron chi connectivity index (χ3n) is 4.54. The van der Waals surface area contributed by atoms with E-state index in [4.69, 9.17) is 14.2 Å². The van der Waals surface area contributed by atoms with Crippen molar-refractivity contribution in [3.05, 3.63) is 42.5 Å². The van der Waals surface area contributed by atoms with Crippen LogP contribution in [0.25, 0.3) is 0 Å². The number of para-hydroxylation sites is 2. The zero-order valence-electron chi connectivity index (χ0n) is 15.5. The SMILES string of the molecule is COc1ccc(OC)c(N2C[C@@H](C(=O)Nc3ccccc3OC)CC2=O)c1. The van der Waals surface area contributed by atoms with Gasteiger partial charge in [0.2, 0.25) is 11.8 Å². The van der Waals surface area contributed by atoms with E-state index < -0.39 is 5.92 Å². The molecule has 0 spiro atoms. The number of carbonyl (C=O) groups is 2. The van der Waals surface area contributed by atoms with Crippen molar-refractivity contribution in [2.24, 2.45) is 5.92 Å². The molecular formula is C20H22N2O5. The van der Waals surface area contributed by atoms with Crippen LogP contribution >= 0.6 is 0 Å². The standard InChI is InChI=1S/C20H22N2O5/c1-25-14-8-9-18(27-3)16(11-14)22-12-13(10-19(22)23)20(24)21-15-6-4-5-7-17(15)26-2/h4-9,11,13H,10,12H2,1-3H3,(H,21,24)/t13-/m0/s1. The molecule has 0 radical (unpaired) electrons. The average molecular weight is 370 g/mol. The summed E-state index contributed by atoms with van der Waals surface area (Å²) in [7, 11) is 4.64. The van der Waals surface area contributed by atoms with Crippen molar-refractivity contribution in [1.29, 1.82) is 0 Å². The molecule has 2 aromatic rings. The van der Waals surface area contributed by atoms with Crippen molar-refractivity contribution in [3.8, 4) is 17.2 Å². The maximum Gasteiger partial charge on any atom is 0.229 e. The summed E-state index contributed by atoms with van der Waals surface area (Å²) >= 11 is 0. The Morgan fingerprint density at radius 2 is 1.78 bits per heavy atom. The van der Waals surface area contributed by atoms with Gasteiger partial charge in [0.15, 0.2) is 0 Å². The molecule has 1 aliphatic rings. The summed E-state index contributed by atoms with van der Waals surface area (Å²) in [6, 6.07) is 12.4. The summed E-state index contributed by atoms with van der Waals surface area (Å²) < 4.78 is 15.9. The fraction of sp³-hybridized carbons (Fsp3) is 0.300. The second-order valence-corrected chi connectivity index (χ2v) is 6.13. The number of amides is 2. The lowest BCUT2D eigenvalue weighted by Crippen LogP contribution is -2.28. The molecule has 0 unspecified atom stereocenters. The molecule has 0 saturated carbocycles. The minimum absolute atomic E-state index is 0.126. The van der Waals surface area contributed by atoms with Gasteiger partial charge in [-0.1, -0.05) is 12.1 Å². The van der Waals surface area contributed by atoms with Gasteiger partial charge >= 0.3 is 0 Å². The van der Waals surface area contributed by atoms with Gasteiger partial charge in [-0.3, -0.25) is 9.59 Å². The molecule has 1 saturated heterocycles. The average Bonchev–Trinajstić information content (AvgIpc) is 3.09. The van der Waals surface area contributed by atoms with E-state index in [-0.39, 0.29) is 24.8 Å². The molecule has 2 amide bonds. The van der Waals surface area contributed by atoms with Gasteiger partial charge in [0.25, 0.3) is 0 Å². The fourth-order valence-corrected chi connectivity index (χ4v) is 3.11. The third kappa shape index (κ3) is 3.81. The van der Waals surface area contributed by atoms with Gasteiger partial charge in [-0.05, 0) is 24.3 Å². The largest absolute Gasteiger partial charge is 0.497 e. The molecule has 1 aliphatic heterocycles. The van der Waals surface area contributed by atoms with Crippen LogP contribution in [-0.4, -0.2) is 39.7 Å². The highest BCUT2D eigenvalue weighted by atomic mass is 16.5. The number of nitrogens with zero attached hydrogens (tertiary/aromatic N) is 1. The van der Waals surface area contributed by atoms with Crippen LogP contribution in [-0.2, 0) is 9.59 Å². The van der Waals surface area contributed by atoms with Crippen LogP contribution in [0.4, 0.5) is 11.4 Å². The summed E-state index contributed by atoms with van der Waals surface area (Å²) in [5.41, 5.74) is 1.17. The van der Waals surface area contributed by atoms with Crippen molar-refractivity contribution >= 4 is 23.2 Å². The molecule has 1 atom stereocenters. The van der Waals surface area contributed by atoms with Gasteiger partial charge in [-0.2, -0.15) is 0 Å². The number of benzene rings is 2. The summed E-state index contributed by atoms with van der Waals surface area (Å²) in [5, 5.41) is 2.85. The molecule has 7 nitrogen and oxygen atoms in total. The maximum absolute atomic E-state index is 12.7. The molecule has 7 heteroatoms. The van der Waals surface area contributed by atoms with Crippen molar-refractivity contribution in [3.63, 3.8) is 0 Å². The molecule has 0 aromatic heterocycles. The Kier molecular flexibility index (Phi) is 5.49. The molecule has 2 aromatic carbocycles. The number of methoxy groups -OCH3 is 3. The Labute approximate surface area is 157 Å². The molecular weight excluding hydrogens is 348 g/mol. The van der Waals surface area contributed by atoms with E-state index in [9.17, 15) is 9.59 Å². The van der Waals surface area contributed by atoms with Crippen LogP contribution in [0.15, 0.2) is 42.5 Å². The van der Waals surface area contributed by atoms with E-state index in [1.165, 1.54) is 7.11 Å². The molecule has 1 fully saturated rings. The first-order valence-electron chi connectivity index (χ1n) is 8.53. The van der Waals surface area contributed by atoms with E-state index in [0.29, 0.717) is 28.6 Å². The Balaban J connectivity index is 1.78. The normalized spacial score (nSPS) is 16.2. The first kappa shape index (κ1) is 18.6. The number of nitrogens with one attached hydrogen (secondary N) is 1. The predicted molar refractivity (Wildman–Crippen MR) is 102 cm³/mol. The summed E-state index contributed by atoms with van der Waals surface area (Å²) in [4.78, 5) is 26.8. The molecule has 27 heavy (non-hydrogen) atoms. The minimum Gasteiger partial charge on any atom is -0.497 e. The molecule has 0 aliphatic carbocycles. The smallest absolute Gasteiger partial charge is 0.229 e. The van der Waals surface area contributed by atoms with Crippen LogP contribution in [0.1, 0.15) is 6.42 Å². The van der Waals surface area contributed by atoms with Crippen LogP contribution in [0.5, 0.6) is 17.2 Å². The first-order valence-corrected chi connectivity index (χ1v) is 8.53. The second-order valence-electron chi connectivity index (χ2n) is 6.13. The second kappa shape index (κ2) is 7.99. The number of hydrogen-bond acceptors (Lipinski definition) is 5. The van der Waals surface area contributed by atoms with Gasteiger partial charge in [-0.25, -0.2) is 0 Å². The quantitative estimate of drug-likeness (QED) is 0.846. The number of anilines is 2. The van der Waals surface area contributed by atoms with E-state index in [1.807, 2.05) is 12.1 Å². The Morgan fingerprint density at radius 1 is 1.04 bits per heavy atom. The highest BCUT2D eigenvalue weighted by Crippen LogP contribution is 2.36. The van der Waals surface area contributed by atoms with Gasteiger partial charge in [0, 0.05) is 19.0 Å². The van der Waals surface area contributed by atoms with Gasteiger partial charge < -0.3 is 24.4 Å². The zero-order chi connectivity index (χ0) is 19.4. The maximum atomic E-state index is 12.7. The lowest BCUT2D eigenvalue weighted by atomic mass is 10.1. The Bertz CT molecular complexity index is 852. The molecule has 1 N–H and O–H groups in total. The van der Waals surface area contributed by atoms with Gasteiger partial charge in [-0.15, -0.1) is 0 Å². The van der Waals surface area contributed by atoms with E-state index in [1.54, 1.807) is 49.5 Å². The monoisotopic (exact) mass is 370 g/mol. The minimum atomic E-state index is -0.474. The number of rotatable bonds is 6. The summed E-state index contributed by atoms with van der Waals surface area (Å²) in [6.45, 7) is 0.267. The van der Waals surface area contributed by atoms with E-state index in [2.05, 4.69) is 5.32 Å². The van der Waals surface area contributed by atoms with Crippen molar-refractivity contribution in [2.75, 3.05) is 38.1 Å². The first-order chi connectivity index (χ1) is 13.1. The summed E-state index contributed by atoms with van der Waals surface area (Å²) in [6.07, 6.45) is 0.126. The number of ether oxygens (including phenoxy) is 3. The van der Waals surface area contributed by atoms with E-state index >= 15 is 0 Å². The third-order valence-corrected chi connectivity index (χ3v) is 4.54. The van der Waals surface area contributed by atoms with Crippen LogP contribution in [0.3, 0.4) is 0 Å². The van der Waals surface area contributed by atoms with Gasteiger partial charge in [0.05, 0.1) is 38.6 Å².